The fourth-order valence-corrected chi connectivity index (χ4v) is 5.79. The fourth-order valence-electron chi connectivity index (χ4n) is 5.79. The predicted octanol–water partition coefficient (Wildman–Crippen LogP) is 3.67. The van der Waals surface area contributed by atoms with Gasteiger partial charge in [-0.25, -0.2) is 9.37 Å². The largest absolute Gasteiger partial charge is 0.494 e. The van der Waals surface area contributed by atoms with Gasteiger partial charge in [-0.15, -0.1) is 0 Å². The summed E-state index contributed by atoms with van der Waals surface area (Å²) in [5, 5.41) is 3.29. The third-order valence-corrected chi connectivity index (χ3v) is 7.91. The number of carbonyl (C=O) groups excluding carboxylic acids is 1. The van der Waals surface area contributed by atoms with E-state index >= 15 is 0 Å². The lowest BCUT2D eigenvalue weighted by atomic mass is 10.00. The number of anilines is 1. The predicted molar refractivity (Wildman–Crippen MR) is 158 cm³/mol. The average molecular weight is 566 g/mol. The monoisotopic (exact) mass is 565 g/mol. The van der Waals surface area contributed by atoms with Crippen LogP contribution in [-0.2, 0) is 16.1 Å². The second-order valence-corrected chi connectivity index (χ2v) is 11.3. The molecule has 0 bridgehead atoms. The number of methoxy groups -OCH3 is 1. The number of nitrogens with zero attached hydrogens (tertiary/aromatic N) is 4. The highest BCUT2D eigenvalue weighted by molar-refractivity contribution is 5.84. The third kappa shape index (κ3) is 6.87. The zero-order valence-corrected chi connectivity index (χ0v) is 24.2. The van der Waals surface area contributed by atoms with Crippen LogP contribution in [0.15, 0.2) is 41.2 Å². The maximum atomic E-state index is 14.2. The first-order chi connectivity index (χ1) is 19.8. The molecule has 10 heteroatoms. The van der Waals surface area contributed by atoms with Gasteiger partial charge < -0.3 is 24.6 Å². The molecular formula is C31H40FN5O4. The van der Waals surface area contributed by atoms with Gasteiger partial charge in [-0.2, -0.15) is 0 Å². The maximum Gasteiger partial charge on any atom is 0.262 e. The standard InChI is InChI=1S/C31H40FN5O4/c1-21(2)33-29(38)20-37-30(23-5-7-26(32)28(17-23)40-3)34-27-8-6-24(18-25(27)31(37)39)36-12-4-11-35(13-14-36)19-22-9-15-41-16-10-22/h5-8,17-18,21-22H,4,9-16,19-20H2,1-3H3,(H,33,38). The highest BCUT2D eigenvalue weighted by Gasteiger charge is 2.22. The Bertz CT molecular complexity index is 1440. The Balaban J connectivity index is 1.46. The molecule has 0 unspecified atom stereocenters. The number of amides is 1. The van der Waals surface area contributed by atoms with Crippen molar-refractivity contribution in [1.29, 1.82) is 0 Å². The number of halogens is 1. The summed E-state index contributed by atoms with van der Waals surface area (Å²) in [6, 6.07) is 9.99. The molecule has 0 aliphatic carbocycles. The van der Waals surface area contributed by atoms with Gasteiger partial charge in [0.15, 0.2) is 11.6 Å². The first kappa shape index (κ1) is 29.0. The van der Waals surface area contributed by atoms with Crippen LogP contribution in [0.4, 0.5) is 10.1 Å². The first-order valence-electron chi connectivity index (χ1n) is 14.6. The van der Waals surface area contributed by atoms with Crippen molar-refractivity contribution >= 4 is 22.5 Å². The van der Waals surface area contributed by atoms with Crippen LogP contribution in [0.1, 0.15) is 33.1 Å². The normalized spacial score (nSPS) is 17.1. The number of aromatic nitrogens is 2. The van der Waals surface area contributed by atoms with Crippen LogP contribution in [0.3, 0.4) is 0 Å². The molecule has 220 valence electrons. The molecule has 0 spiro atoms. The summed E-state index contributed by atoms with van der Waals surface area (Å²) in [7, 11) is 1.38. The van der Waals surface area contributed by atoms with Gasteiger partial charge in [0, 0.05) is 56.7 Å². The summed E-state index contributed by atoms with van der Waals surface area (Å²) in [6.07, 6.45) is 3.31. The van der Waals surface area contributed by atoms with E-state index in [1.807, 2.05) is 32.0 Å². The lowest BCUT2D eigenvalue weighted by Gasteiger charge is -2.29. The van der Waals surface area contributed by atoms with Crippen molar-refractivity contribution in [2.75, 3.05) is 57.9 Å². The molecule has 41 heavy (non-hydrogen) atoms. The number of carbonyl (C=O) groups is 1. The minimum absolute atomic E-state index is 0.0393. The molecule has 2 aliphatic rings. The number of hydrogen-bond donors (Lipinski definition) is 1. The quantitative estimate of drug-likeness (QED) is 0.446. The second-order valence-electron chi connectivity index (χ2n) is 11.3. The zero-order valence-electron chi connectivity index (χ0n) is 24.2. The summed E-state index contributed by atoms with van der Waals surface area (Å²) in [4.78, 5) is 36.4. The molecule has 9 nitrogen and oxygen atoms in total. The van der Waals surface area contributed by atoms with E-state index in [2.05, 4.69) is 15.1 Å². The molecule has 0 radical (unpaired) electrons. The van der Waals surface area contributed by atoms with Crippen LogP contribution in [0.25, 0.3) is 22.3 Å². The minimum Gasteiger partial charge on any atom is -0.494 e. The van der Waals surface area contributed by atoms with E-state index in [0.717, 1.165) is 70.9 Å². The zero-order chi connectivity index (χ0) is 28.9. The summed E-state index contributed by atoms with van der Waals surface area (Å²) in [5.74, 6) is 0.204. The minimum atomic E-state index is -0.517. The molecule has 1 amide bonds. The van der Waals surface area contributed by atoms with Crippen molar-refractivity contribution in [3.8, 4) is 17.1 Å². The van der Waals surface area contributed by atoms with Crippen LogP contribution in [0.2, 0.25) is 0 Å². The van der Waals surface area contributed by atoms with Crippen molar-refractivity contribution < 1.29 is 18.7 Å². The van der Waals surface area contributed by atoms with Gasteiger partial charge in [0.05, 0.1) is 18.0 Å². The maximum absolute atomic E-state index is 14.2. The fraction of sp³-hybridized carbons (Fsp3) is 0.516. The van der Waals surface area contributed by atoms with E-state index in [1.54, 1.807) is 6.07 Å². The highest BCUT2D eigenvalue weighted by Crippen LogP contribution is 2.28. The number of fused-ring (bicyclic) bond motifs is 1. The van der Waals surface area contributed by atoms with Gasteiger partial charge in [-0.05, 0) is 82.0 Å². The van der Waals surface area contributed by atoms with Crippen LogP contribution >= 0.6 is 0 Å². The number of hydrogen-bond acceptors (Lipinski definition) is 7. The van der Waals surface area contributed by atoms with E-state index in [-0.39, 0.29) is 35.6 Å². The third-order valence-electron chi connectivity index (χ3n) is 7.91. The van der Waals surface area contributed by atoms with E-state index < -0.39 is 5.82 Å². The van der Waals surface area contributed by atoms with E-state index in [4.69, 9.17) is 14.5 Å². The number of nitrogens with one attached hydrogen (secondary N) is 1. The summed E-state index contributed by atoms with van der Waals surface area (Å²) >= 11 is 0. The van der Waals surface area contributed by atoms with Gasteiger partial charge in [0.2, 0.25) is 5.91 Å². The Morgan fingerprint density at radius 1 is 1.12 bits per heavy atom. The van der Waals surface area contributed by atoms with Crippen molar-refractivity contribution in [2.24, 2.45) is 5.92 Å². The SMILES string of the molecule is COc1cc(-c2nc3ccc(N4CCCN(CC5CCOCC5)CC4)cc3c(=O)n2CC(=O)NC(C)C)ccc1F. The Hall–Kier alpha value is -3.50. The summed E-state index contributed by atoms with van der Waals surface area (Å²) in [6.45, 7) is 10.2. The van der Waals surface area contributed by atoms with Crippen molar-refractivity contribution in [3.05, 3.63) is 52.6 Å². The molecule has 2 aromatic carbocycles. The molecule has 3 aromatic rings. The molecule has 1 aromatic heterocycles. The Morgan fingerprint density at radius 2 is 1.93 bits per heavy atom. The van der Waals surface area contributed by atoms with Crippen LogP contribution in [0, 0.1) is 11.7 Å². The second kappa shape index (κ2) is 13.0. The van der Waals surface area contributed by atoms with Gasteiger partial charge in [0.1, 0.15) is 12.4 Å². The Kier molecular flexibility index (Phi) is 9.19. The first-order valence-corrected chi connectivity index (χ1v) is 14.6. The van der Waals surface area contributed by atoms with E-state index in [9.17, 15) is 14.0 Å². The lowest BCUT2D eigenvalue weighted by molar-refractivity contribution is -0.122. The molecular weight excluding hydrogens is 525 g/mol. The number of benzene rings is 2. The Labute approximate surface area is 240 Å². The molecule has 0 atom stereocenters. The molecule has 5 rings (SSSR count). The van der Waals surface area contributed by atoms with E-state index in [1.165, 1.54) is 23.8 Å². The molecule has 2 aliphatic heterocycles. The summed E-state index contributed by atoms with van der Waals surface area (Å²) in [5.41, 5.74) is 1.66. The van der Waals surface area contributed by atoms with Crippen molar-refractivity contribution in [1.82, 2.24) is 19.8 Å². The van der Waals surface area contributed by atoms with Crippen LogP contribution in [-0.4, -0.2) is 79.4 Å². The smallest absolute Gasteiger partial charge is 0.262 e. The van der Waals surface area contributed by atoms with Gasteiger partial charge in [0.25, 0.3) is 5.56 Å². The van der Waals surface area contributed by atoms with Crippen molar-refractivity contribution in [2.45, 2.75) is 45.7 Å². The number of rotatable bonds is 8. The molecule has 2 fully saturated rings. The molecule has 1 N–H and O–H groups in total. The van der Waals surface area contributed by atoms with E-state index in [0.29, 0.717) is 22.4 Å². The highest BCUT2D eigenvalue weighted by atomic mass is 19.1. The Morgan fingerprint density at radius 3 is 2.68 bits per heavy atom. The van der Waals surface area contributed by atoms with Crippen LogP contribution < -0.4 is 20.5 Å². The van der Waals surface area contributed by atoms with Crippen LogP contribution in [0.5, 0.6) is 5.75 Å². The molecule has 0 saturated carbocycles. The van der Waals surface area contributed by atoms with Gasteiger partial charge in [-0.1, -0.05) is 0 Å². The van der Waals surface area contributed by atoms with Gasteiger partial charge >= 0.3 is 0 Å². The topological polar surface area (TPSA) is 88.9 Å². The molecule has 3 heterocycles. The molecule has 2 saturated heterocycles. The number of ether oxygens (including phenoxy) is 2. The summed E-state index contributed by atoms with van der Waals surface area (Å²) < 4.78 is 26.2. The van der Waals surface area contributed by atoms with Crippen molar-refractivity contribution in [3.63, 3.8) is 0 Å². The van der Waals surface area contributed by atoms with Gasteiger partial charge in [-0.3, -0.25) is 14.2 Å². The lowest BCUT2D eigenvalue weighted by Crippen LogP contribution is -2.37. The average Bonchev–Trinajstić information content (AvgIpc) is 3.20.